The number of anilines is 2. The third kappa shape index (κ3) is 5.14. The van der Waals surface area contributed by atoms with Crippen molar-refractivity contribution in [1.29, 1.82) is 0 Å². The molecule has 0 fully saturated rings. The summed E-state index contributed by atoms with van der Waals surface area (Å²) in [5, 5.41) is 3.12. The van der Waals surface area contributed by atoms with Crippen molar-refractivity contribution >= 4 is 21.7 Å². The van der Waals surface area contributed by atoms with Crippen molar-refractivity contribution in [3.63, 3.8) is 0 Å². The summed E-state index contributed by atoms with van der Waals surface area (Å²) in [5.41, 5.74) is 2.02. The maximum Gasteiger partial charge on any atom is 0.240 e. The van der Waals surface area contributed by atoms with Gasteiger partial charge in [0, 0.05) is 33.3 Å². The average molecular weight is 363 g/mol. The first-order chi connectivity index (χ1) is 11.7. The molecule has 1 aromatic heterocycles. The van der Waals surface area contributed by atoms with E-state index in [1.54, 1.807) is 12.1 Å². The van der Waals surface area contributed by atoms with Crippen LogP contribution in [0.2, 0.25) is 0 Å². The van der Waals surface area contributed by atoms with Gasteiger partial charge >= 0.3 is 0 Å². The molecule has 0 radical (unpaired) electrons. The number of nitrogens with zero attached hydrogens (tertiary/aromatic N) is 3. The van der Waals surface area contributed by atoms with E-state index >= 15 is 0 Å². The van der Waals surface area contributed by atoms with Gasteiger partial charge in [0.1, 0.15) is 17.5 Å². The molecule has 7 nitrogen and oxygen atoms in total. The minimum absolute atomic E-state index is 0.260. The number of aryl methyl sites for hydroxylation is 3. The molecule has 0 saturated heterocycles. The second-order valence-corrected chi connectivity index (χ2v) is 7.89. The minimum atomic E-state index is -3.51. The molecule has 2 N–H and O–H groups in total. The Hall–Kier alpha value is -2.19. The van der Waals surface area contributed by atoms with E-state index in [9.17, 15) is 8.42 Å². The Kier molecular flexibility index (Phi) is 5.97. The minimum Gasteiger partial charge on any atom is -0.369 e. The molecule has 25 heavy (non-hydrogen) atoms. The lowest BCUT2D eigenvalue weighted by Crippen LogP contribution is -2.29. The van der Waals surface area contributed by atoms with Crippen LogP contribution in [0.15, 0.2) is 29.2 Å². The third-order valence-electron chi connectivity index (χ3n) is 3.79. The van der Waals surface area contributed by atoms with Crippen LogP contribution in [0.25, 0.3) is 0 Å². The summed E-state index contributed by atoms with van der Waals surface area (Å²) in [6.07, 6.45) is 0. The number of hydrogen-bond donors (Lipinski definition) is 2. The Morgan fingerprint density at radius 1 is 1.00 bits per heavy atom. The number of benzene rings is 1. The lowest BCUT2D eigenvalue weighted by atomic mass is 10.1. The first-order valence-corrected chi connectivity index (χ1v) is 9.51. The van der Waals surface area contributed by atoms with Crippen LogP contribution in [0.4, 0.5) is 11.6 Å². The lowest BCUT2D eigenvalue weighted by molar-refractivity contribution is 0.582. The van der Waals surface area contributed by atoms with Gasteiger partial charge in [-0.25, -0.2) is 23.1 Å². The van der Waals surface area contributed by atoms with Gasteiger partial charge < -0.3 is 10.2 Å². The number of rotatable bonds is 7. The maximum atomic E-state index is 12.3. The Bertz CT molecular complexity index is 850. The van der Waals surface area contributed by atoms with E-state index in [-0.39, 0.29) is 11.4 Å². The molecule has 1 heterocycles. The Balaban J connectivity index is 1.95. The molecule has 0 bridgehead atoms. The normalized spacial score (nSPS) is 11.4. The van der Waals surface area contributed by atoms with Gasteiger partial charge in [-0.15, -0.1) is 0 Å². The highest BCUT2D eigenvalue weighted by atomic mass is 32.2. The van der Waals surface area contributed by atoms with Crippen LogP contribution in [0, 0.1) is 20.8 Å². The smallest absolute Gasteiger partial charge is 0.240 e. The number of sulfonamides is 1. The molecule has 0 spiro atoms. The molecule has 136 valence electrons. The molecule has 0 aliphatic carbocycles. The Labute approximate surface area is 149 Å². The molecule has 1 aromatic carbocycles. The molecule has 2 rings (SSSR count). The van der Waals surface area contributed by atoms with Crippen LogP contribution >= 0.6 is 0 Å². The van der Waals surface area contributed by atoms with Gasteiger partial charge in [-0.2, -0.15) is 0 Å². The molecule has 0 atom stereocenters. The van der Waals surface area contributed by atoms with Gasteiger partial charge in [0.15, 0.2) is 0 Å². The molecule has 0 aliphatic rings. The van der Waals surface area contributed by atoms with E-state index in [1.165, 1.54) is 0 Å². The maximum absolute atomic E-state index is 12.3. The van der Waals surface area contributed by atoms with Gasteiger partial charge in [0.2, 0.25) is 10.0 Å². The molecule has 0 unspecified atom stereocenters. The molecule has 0 amide bonds. The zero-order valence-electron chi connectivity index (χ0n) is 15.3. The van der Waals surface area contributed by atoms with E-state index in [0.29, 0.717) is 18.2 Å². The highest BCUT2D eigenvalue weighted by Crippen LogP contribution is 2.15. The van der Waals surface area contributed by atoms with Gasteiger partial charge in [0.25, 0.3) is 0 Å². The fourth-order valence-corrected chi connectivity index (χ4v) is 3.33. The third-order valence-corrected chi connectivity index (χ3v) is 5.25. The van der Waals surface area contributed by atoms with Crippen LogP contribution in [0.1, 0.15) is 17.0 Å². The van der Waals surface area contributed by atoms with Crippen LogP contribution in [-0.2, 0) is 10.0 Å². The summed E-state index contributed by atoms with van der Waals surface area (Å²) in [7, 11) is 0.297. The highest BCUT2D eigenvalue weighted by molar-refractivity contribution is 7.89. The predicted molar refractivity (Wildman–Crippen MR) is 101 cm³/mol. The Morgan fingerprint density at radius 3 is 2.36 bits per heavy atom. The van der Waals surface area contributed by atoms with Crippen LogP contribution < -0.4 is 14.9 Å². The molecule has 8 heteroatoms. The largest absolute Gasteiger partial charge is 0.369 e. The van der Waals surface area contributed by atoms with Gasteiger partial charge in [-0.05, 0) is 44.0 Å². The summed E-state index contributed by atoms with van der Waals surface area (Å²) < 4.78 is 27.3. The topological polar surface area (TPSA) is 87.2 Å². The number of nitrogens with one attached hydrogen (secondary N) is 2. The quantitative estimate of drug-likeness (QED) is 0.730. The van der Waals surface area contributed by atoms with Gasteiger partial charge in [-0.1, -0.05) is 6.07 Å². The predicted octanol–water partition coefficient (Wildman–Crippen LogP) is 1.86. The zero-order valence-corrected chi connectivity index (χ0v) is 16.1. The molecular weight excluding hydrogens is 338 g/mol. The van der Waals surface area contributed by atoms with E-state index in [0.717, 1.165) is 16.9 Å². The summed E-state index contributed by atoms with van der Waals surface area (Å²) in [5.74, 6) is 2.12. The standard InChI is InChI=1S/C17H25N5O2S/c1-12-6-7-15(10-13(12)2)25(23,24)19-9-8-18-16-11-17(22(4)5)21-14(3)20-16/h6-7,10-11,19H,8-9H2,1-5H3,(H,18,20,21). The van der Waals surface area contributed by atoms with Crippen molar-refractivity contribution in [2.24, 2.45) is 0 Å². The lowest BCUT2D eigenvalue weighted by Gasteiger charge is -2.14. The first kappa shape index (κ1) is 19.1. The van der Waals surface area contributed by atoms with Crippen LogP contribution in [0.5, 0.6) is 0 Å². The average Bonchev–Trinajstić information content (AvgIpc) is 2.53. The second-order valence-electron chi connectivity index (χ2n) is 6.12. The van der Waals surface area contributed by atoms with Crippen molar-refractivity contribution < 1.29 is 8.42 Å². The van der Waals surface area contributed by atoms with Crippen molar-refractivity contribution in [3.8, 4) is 0 Å². The molecule has 2 aromatic rings. The van der Waals surface area contributed by atoms with Crippen molar-refractivity contribution in [2.45, 2.75) is 25.7 Å². The van der Waals surface area contributed by atoms with E-state index in [4.69, 9.17) is 0 Å². The summed E-state index contributed by atoms with van der Waals surface area (Å²) in [4.78, 5) is 10.8. The Morgan fingerprint density at radius 2 is 1.72 bits per heavy atom. The molecular formula is C17H25N5O2S. The fraction of sp³-hybridized carbons (Fsp3) is 0.412. The van der Waals surface area contributed by atoms with Crippen LogP contribution in [-0.4, -0.2) is 45.6 Å². The highest BCUT2D eigenvalue weighted by Gasteiger charge is 2.14. The molecule has 0 saturated carbocycles. The summed E-state index contributed by atoms with van der Waals surface area (Å²) in [6, 6.07) is 6.94. The number of hydrogen-bond acceptors (Lipinski definition) is 6. The van der Waals surface area contributed by atoms with E-state index in [2.05, 4.69) is 20.0 Å². The van der Waals surface area contributed by atoms with E-state index in [1.807, 2.05) is 51.9 Å². The monoisotopic (exact) mass is 363 g/mol. The summed E-state index contributed by atoms with van der Waals surface area (Å²) >= 11 is 0. The van der Waals surface area contributed by atoms with Gasteiger partial charge in [-0.3, -0.25) is 0 Å². The molecule has 0 aliphatic heterocycles. The van der Waals surface area contributed by atoms with Crippen LogP contribution in [0.3, 0.4) is 0 Å². The van der Waals surface area contributed by atoms with Crippen molar-refractivity contribution in [3.05, 3.63) is 41.2 Å². The van der Waals surface area contributed by atoms with Crippen molar-refractivity contribution in [2.75, 3.05) is 37.4 Å². The summed E-state index contributed by atoms with van der Waals surface area (Å²) in [6.45, 7) is 6.36. The van der Waals surface area contributed by atoms with Crippen molar-refractivity contribution in [1.82, 2.24) is 14.7 Å². The van der Waals surface area contributed by atoms with Gasteiger partial charge in [0.05, 0.1) is 4.90 Å². The number of aromatic nitrogens is 2. The second kappa shape index (κ2) is 7.79. The SMILES string of the molecule is Cc1nc(NCCNS(=O)(=O)c2ccc(C)c(C)c2)cc(N(C)C)n1. The van der Waals surface area contributed by atoms with E-state index < -0.39 is 10.0 Å². The zero-order chi connectivity index (χ0) is 18.6. The first-order valence-electron chi connectivity index (χ1n) is 8.03. The fourth-order valence-electron chi connectivity index (χ4n) is 2.21.